The highest BCUT2D eigenvalue weighted by Gasteiger charge is 2.22. The lowest BCUT2D eigenvalue weighted by atomic mass is 9.98. The van der Waals surface area contributed by atoms with Crippen molar-refractivity contribution in [1.82, 2.24) is 9.78 Å². The lowest BCUT2D eigenvalue weighted by Gasteiger charge is -2.17. The van der Waals surface area contributed by atoms with E-state index in [1.54, 1.807) is 11.1 Å². The van der Waals surface area contributed by atoms with E-state index in [2.05, 4.69) is 22.5 Å². The van der Waals surface area contributed by atoms with E-state index < -0.39 is 0 Å². The van der Waals surface area contributed by atoms with Crippen molar-refractivity contribution in [2.75, 3.05) is 16.8 Å². The summed E-state index contributed by atoms with van der Waals surface area (Å²) in [6.45, 7) is 1.42. The molecule has 0 radical (unpaired) electrons. The van der Waals surface area contributed by atoms with Crippen molar-refractivity contribution in [2.45, 2.75) is 19.4 Å². The van der Waals surface area contributed by atoms with Crippen molar-refractivity contribution < 1.29 is 9.59 Å². The van der Waals surface area contributed by atoms with Crippen LogP contribution in [-0.4, -0.2) is 28.1 Å². The second-order valence-corrected chi connectivity index (χ2v) is 8.10. The maximum absolute atomic E-state index is 13.2. The Labute approximate surface area is 192 Å². The number of carbonyl (C=O) groups is 2. The van der Waals surface area contributed by atoms with Crippen LogP contribution in [0, 0.1) is 0 Å². The van der Waals surface area contributed by atoms with E-state index in [1.807, 2.05) is 77.6 Å². The van der Waals surface area contributed by atoms with E-state index in [1.165, 1.54) is 0 Å². The summed E-state index contributed by atoms with van der Waals surface area (Å²) in [5.74, 6) is -0.0593. The summed E-state index contributed by atoms with van der Waals surface area (Å²) in [4.78, 5) is 27.0. The fourth-order valence-electron chi connectivity index (χ4n) is 4.17. The van der Waals surface area contributed by atoms with Crippen LogP contribution in [0.5, 0.6) is 0 Å². The van der Waals surface area contributed by atoms with Gasteiger partial charge in [0.25, 0.3) is 5.91 Å². The summed E-state index contributed by atoms with van der Waals surface area (Å²) in [6, 6.07) is 25.1. The number of anilines is 2. The zero-order valence-electron chi connectivity index (χ0n) is 18.1. The summed E-state index contributed by atoms with van der Waals surface area (Å²) >= 11 is 0. The third kappa shape index (κ3) is 4.55. The molecular weight excluding hydrogens is 412 g/mol. The Morgan fingerprint density at radius 3 is 2.58 bits per heavy atom. The average Bonchev–Trinajstić information content (AvgIpc) is 3.51. The van der Waals surface area contributed by atoms with Crippen molar-refractivity contribution in [3.8, 4) is 11.1 Å². The Kier molecular flexibility index (Phi) is 5.72. The van der Waals surface area contributed by atoms with Gasteiger partial charge in [-0.1, -0.05) is 48.5 Å². The second-order valence-electron chi connectivity index (χ2n) is 8.10. The Hall–Kier alpha value is -4.19. The number of hydrogen-bond donors (Lipinski definition) is 1. The molecule has 1 fully saturated rings. The van der Waals surface area contributed by atoms with Crippen LogP contribution in [0.2, 0.25) is 0 Å². The second kappa shape index (κ2) is 9.12. The van der Waals surface area contributed by atoms with Crippen molar-refractivity contribution in [1.29, 1.82) is 0 Å². The molecule has 6 nitrogen and oxygen atoms in total. The zero-order chi connectivity index (χ0) is 22.6. The summed E-state index contributed by atoms with van der Waals surface area (Å²) in [5, 5.41) is 7.25. The first-order chi connectivity index (χ1) is 16.2. The molecule has 3 aromatic carbocycles. The van der Waals surface area contributed by atoms with Crippen LogP contribution in [0.25, 0.3) is 11.1 Å². The number of hydrogen-bond acceptors (Lipinski definition) is 3. The fourth-order valence-corrected chi connectivity index (χ4v) is 4.17. The summed E-state index contributed by atoms with van der Waals surface area (Å²) in [6.07, 6.45) is 5.14. The topological polar surface area (TPSA) is 67.2 Å². The smallest absolute Gasteiger partial charge is 0.256 e. The first kappa shape index (κ1) is 20.7. The third-order valence-electron chi connectivity index (χ3n) is 5.83. The molecule has 2 heterocycles. The van der Waals surface area contributed by atoms with Crippen molar-refractivity contribution in [2.24, 2.45) is 0 Å². The Balaban J connectivity index is 1.35. The monoisotopic (exact) mass is 436 g/mol. The van der Waals surface area contributed by atoms with Crippen LogP contribution >= 0.6 is 0 Å². The van der Waals surface area contributed by atoms with Gasteiger partial charge in [0.15, 0.2) is 0 Å². The SMILES string of the molecule is O=C(Nc1cccc(N2CCCC2=O)c1)c1ccccc1-c1ccc(Cn2cccn2)cc1. The van der Waals surface area contributed by atoms with Gasteiger partial charge < -0.3 is 10.2 Å². The molecule has 0 saturated carbocycles. The zero-order valence-corrected chi connectivity index (χ0v) is 18.1. The fraction of sp³-hybridized carbons (Fsp3) is 0.148. The molecular formula is C27H24N4O2. The average molecular weight is 437 g/mol. The highest BCUT2D eigenvalue weighted by molar-refractivity contribution is 6.09. The number of amides is 2. The first-order valence-electron chi connectivity index (χ1n) is 11.0. The molecule has 0 bridgehead atoms. The highest BCUT2D eigenvalue weighted by atomic mass is 16.2. The minimum Gasteiger partial charge on any atom is -0.322 e. The predicted molar refractivity (Wildman–Crippen MR) is 129 cm³/mol. The van der Waals surface area contributed by atoms with Gasteiger partial charge in [-0.3, -0.25) is 14.3 Å². The molecule has 0 aliphatic carbocycles. The van der Waals surface area contributed by atoms with Crippen molar-refractivity contribution in [3.05, 3.63) is 102 Å². The molecule has 2 amide bonds. The maximum atomic E-state index is 13.2. The Morgan fingerprint density at radius 1 is 0.970 bits per heavy atom. The van der Waals surface area contributed by atoms with Gasteiger partial charge in [0.05, 0.1) is 6.54 Å². The largest absolute Gasteiger partial charge is 0.322 e. The molecule has 1 N–H and O–H groups in total. The molecule has 1 aromatic heterocycles. The summed E-state index contributed by atoms with van der Waals surface area (Å²) in [7, 11) is 0. The molecule has 6 heteroatoms. The Bertz CT molecular complexity index is 1280. The van der Waals surface area contributed by atoms with E-state index in [-0.39, 0.29) is 11.8 Å². The van der Waals surface area contributed by atoms with Gasteiger partial charge in [-0.15, -0.1) is 0 Å². The van der Waals surface area contributed by atoms with Gasteiger partial charge in [-0.2, -0.15) is 5.10 Å². The first-order valence-corrected chi connectivity index (χ1v) is 11.0. The minimum absolute atomic E-state index is 0.125. The van der Waals surface area contributed by atoms with Gasteiger partial charge in [-0.05, 0) is 53.4 Å². The van der Waals surface area contributed by atoms with Crippen LogP contribution in [0.1, 0.15) is 28.8 Å². The van der Waals surface area contributed by atoms with Gasteiger partial charge in [0.2, 0.25) is 5.91 Å². The van der Waals surface area contributed by atoms with Crippen LogP contribution < -0.4 is 10.2 Å². The molecule has 1 aliphatic heterocycles. The van der Waals surface area contributed by atoms with Gasteiger partial charge >= 0.3 is 0 Å². The highest BCUT2D eigenvalue weighted by Crippen LogP contribution is 2.27. The van der Waals surface area contributed by atoms with Gasteiger partial charge in [-0.25, -0.2) is 0 Å². The molecule has 1 saturated heterocycles. The minimum atomic E-state index is -0.184. The van der Waals surface area contributed by atoms with E-state index >= 15 is 0 Å². The van der Waals surface area contributed by atoms with E-state index in [4.69, 9.17) is 0 Å². The third-order valence-corrected chi connectivity index (χ3v) is 5.83. The standard InChI is InChI=1S/C27H24N4O2/c32-26-10-4-17-31(26)23-7-3-6-22(18-23)29-27(33)25-9-2-1-8-24(25)21-13-11-20(12-14-21)19-30-16-5-15-28-30/h1-3,5-9,11-16,18H,4,10,17,19H2,(H,29,33). The maximum Gasteiger partial charge on any atom is 0.256 e. The normalized spacial score (nSPS) is 13.3. The number of benzene rings is 3. The van der Waals surface area contributed by atoms with Gasteiger partial charge in [0, 0.05) is 42.3 Å². The molecule has 0 spiro atoms. The summed E-state index contributed by atoms with van der Waals surface area (Å²) in [5.41, 5.74) is 5.06. The number of aromatic nitrogens is 2. The van der Waals surface area contributed by atoms with Gasteiger partial charge in [0.1, 0.15) is 0 Å². The number of rotatable bonds is 6. The van der Waals surface area contributed by atoms with E-state index in [0.717, 1.165) is 35.3 Å². The lowest BCUT2D eigenvalue weighted by Crippen LogP contribution is -2.23. The lowest BCUT2D eigenvalue weighted by molar-refractivity contribution is -0.117. The molecule has 1 aliphatic rings. The predicted octanol–water partition coefficient (Wildman–Crippen LogP) is 4.98. The summed E-state index contributed by atoms with van der Waals surface area (Å²) < 4.78 is 1.88. The molecule has 33 heavy (non-hydrogen) atoms. The number of carbonyl (C=O) groups excluding carboxylic acids is 2. The number of nitrogens with zero attached hydrogens (tertiary/aromatic N) is 3. The molecule has 0 atom stereocenters. The van der Waals surface area contributed by atoms with E-state index in [0.29, 0.717) is 24.2 Å². The van der Waals surface area contributed by atoms with Crippen LogP contribution in [0.3, 0.4) is 0 Å². The molecule has 4 aromatic rings. The molecule has 164 valence electrons. The Morgan fingerprint density at radius 2 is 1.82 bits per heavy atom. The van der Waals surface area contributed by atoms with Crippen LogP contribution in [0.4, 0.5) is 11.4 Å². The van der Waals surface area contributed by atoms with E-state index in [9.17, 15) is 9.59 Å². The molecule has 0 unspecified atom stereocenters. The number of nitrogens with one attached hydrogen (secondary N) is 1. The van der Waals surface area contributed by atoms with Crippen LogP contribution in [0.15, 0.2) is 91.3 Å². The quantitative estimate of drug-likeness (QED) is 0.464. The van der Waals surface area contributed by atoms with Crippen molar-refractivity contribution in [3.63, 3.8) is 0 Å². The van der Waals surface area contributed by atoms with Crippen LogP contribution in [-0.2, 0) is 11.3 Å². The molecule has 5 rings (SSSR count). The van der Waals surface area contributed by atoms with Crippen molar-refractivity contribution >= 4 is 23.2 Å².